The first-order chi connectivity index (χ1) is 5.65. The molecule has 1 aliphatic carbocycles. The smallest absolute Gasteiger partial charge is 0.322 e. The van der Waals surface area contributed by atoms with Gasteiger partial charge in [-0.2, -0.15) is 0 Å². The molecule has 2 rings (SSSR count). The topological polar surface area (TPSA) is 58.2 Å². The fourth-order valence-electron chi connectivity index (χ4n) is 2.21. The number of imide groups is 1. The second kappa shape index (κ2) is 2.21. The molecule has 4 nitrogen and oxygen atoms in total. The molecule has 2 atom stereocenters. The van der Waals surface area contributed by atoms with Crippen molar-refractivity contribution in [2.75, 3.05) is 0 Å². The van der Waals surface area contributed by atoms with Gasteiger partial charge >= 0.3 is 6.03 Å². The molecular formula is C8H12N2O2. The fourth-order valence-corrected chi connectivity index (χ4v) is 2.21. The van der Waals surface area contributed by atoms with Crippen molar-refractivity contribution in [3.8, 4) is 0 Å². The summed E-state index contributed by atoms with van der Waals surface area (Å²) in [5, 5.41) is 5.02. The van der Waals surface area contributed by atoms with Gasteiger partial charge in [0.2, 0.25) is 0 Å². The highest BCUT2D eigenvalue weighted by Crippen LogP contribution is 2.37. The molecule has 1 saturated heterocycles. The van der Waals surface area contributed by atoms with Gasteiger partial charge in [0.15, 0.2) is 0 Å². The predicted molar refractivity (Wildman–Crippen MR) is 42.4 cm³/mol. The molecule has 3 amide bonds. The minimum Gasteiger partial charge on any atom is -0.323 e. The van der Waals surface area contributed by atoms with E-state index in [1.165, 1.54) is 0 Å². The highest BCUT2D eigenvalue weighted by molar-refractivity contribution is 6.07. The van der Waals surface area contributed by atoms with Crippen molar-refractivity contribution >= 4 is 11.9 Å². The van der Waals surface area contributed by atoms with E-state index in [0.29, 0.717) is 0 Å². The van der Waals surface area contributed by atoms with Gasteiger partial charge in [0.05, 0.1) is 0 Å². The monoisotopic (exact) mass is 168 g/mol. The molecule has 1 heterocycles. The molecule has 0 aromatic heterocycles. The molecule has 0 aromatic carbocycles. The zero-order valence-electron chi connectivity index (χ0n) is 7.02. The van der Waals surface area contributed by atoms with Crippen molar-refractivity contribution < 1.29 is 9.59 Å². The lowest BCUT2D eigenvalue weighted by Crippen LogP contribution is -2.48. The Kier molecular flexibility index (Phi) is 1.40. The average molecular weight is 168 g/mol. The number of nitrogens with one attached hydrogen (secondary N) is 2. The molecule has 0 radical (unpaired) electrons. The summed E-state index contributed by atoms with van der Waals surface area (Å²) >= 11 is 0. The van der Waals surface area contributed by atoms with Crippen molar-refractivity contribution in [2.24, 2.45) is 5.92 Å². The standard InChI is InChI=1S/C8H12N2O2/c1-5-3-2-4-8(5)6(11)9-7(12)10-8/h5H,2-4H2,1H3,(H2,9,10,11,12)/t5-,8+/m1/s1. The van der Waals surface area contributed by atoms with E-state index in [0.717, 1.165) is 19.3 Å². The van der Waals surface area contributed by atoms with Crippen LogP contribution in [0.4, 0.5) is 4.79 Å². The molecule has 2 fully saturated rings. The summed E-state index contributed by atoms with van der Waals surface area (Å²) in [6.45, 7) is 2.01. The van der Waals surface area contributed by atoms with Gasteiger partial charge in [-0.1, -0.05) is 13.3 Å². The van der Waals surface area contributed by atoms with Crippen molar-refractivity contribution in [3.63, 3.8) is 0 Å². The number of hydrogen-bond donors (Lipinski definition) is 2. The minimum atomic E-state index is -0.572. The van der Waals surface area contributed by atoms with Crippen LogP contribution in [0.1, 0.15) is 26.2 Å². The van der Waals surface area contributed by atoms with E-state index in [1.807, 2.05) is 6.92 Å². The second-order valence-electron chi connectivity index (χ2n) is 3.67. The third-order valence-electron chi connectivity index (χ3n) is 3.02. The fraction of sp³-hybridized carbons (Fsp3) is 0.750. The second-order valence-corrected chi connectivity index (χ2v) is 3.67. The van der Waals surface area contributed by atoms with Gasteiger partial charge in [-0.05, 0) is 18.8 Å². The van der Waals surface area contributed by atoms with E-state index >= 15 is 0 Å². The van der Waals surface area contributed by atoms with E-state index < -0.39 is 5.54 Å². The number of hydrogen-bond acceptors (Lipinski definition) is 2. The summed E-state index contributed by atoms with van der Waals surface area (Å²) in [5.41, 5.74) is -0.572. The molecule has 1 saturated carbocycles. The van der Waals surface area contributed by atoms with Gasteiger partial charge in [0.1, 0.15) is 5.54 Å². The van der Waals surface area contributed by atoms with Gasteiger partial charge in [0, 0.05) is 0 Å². The highest BCUT2D eigenvalue weighted by Gasteiger charge is 2.52. The third kappa shape index (κ3) is 0.777. The predicted octanol–water partition coefficient (Wildman–Crippen LogP) is 0.385. The van der Waals surface area contributed by atoms with Crippen LogP contribution in [0.3, 0.4) is 0 Å². The van der Waals surface area contributed by atoms with Gasteiger partial charge < -0.3 is 5.32 Å². The first-order valence-corrected chi connectivity index (χ1v) is 4.29. The lowest BCUT2D eigenvalue weighted by Gasteiger charge is -2.24. The first kappa shape index (κ1) is 7.58. The van der Waals surface area contributed by atoms with Gasteiger partial charge in [-0.25, -0.2) is 4.79 Å². The Morgan fingerprint density at radius 1 is 1.50 bits per heavy atom. The molecule has 0 unspecified atom stereocenters. The van der Waals surface area contributed by atoms with Crippen molar-refractivity contribution in [2.45, 2.75) is 31.7 Å². The Morgan fingerprint density at radius 2 is 2.25 bits per heavy atom. The minimum absolute atomic E-state index is 0.141. The van der Waals surface area contributed by atoms with Crippen LogP contribution in [0.25, 0.3) is 0 Å². The number of amides is 3. The Morgan fingerprint density at radius 3 is 2.67 bits per heavy atom. The first-order valence-electron chi connectivity index (χ1n) is 4.29. The van der Waals surface area contributed by atoms with Gasteiger partial charge in [-0.3, -0.25) is 10.1 Å². The molecule has 0 bridgehead atoms. The Balaban J connectivity index is 2.31. The zero-order chi connectivity index (χ0) is 8.77. The van der Waals surface area contributed by atoms with Gasteiger partial charge in [-0.15, -0.1) is 0 Å². The molecule has 4 heteroatoms. The maximum atomic E-state index is 11.4. The Labute approximate surface area is 70.7 Å². The van der Waals surface area contributed by atoms with Crippen LogP contribution in [0.5, 0.6) is 0 Å². The maximum absolute atomic E-state index is 11.4. The Hall–Kier alpha value is -1.06. The third-order valence-corrected chi connectivity index (χ3v) is 3.02. The summed E-state index contributed by atoms with van der Waals surface area (Å²) < 4.78 is 0. The molecular weight excluding hydrogens is 156 g/mol. The van der Waals surface area contributed by atoms with Crippen LogP contribution in [-0.4, -0.2) is 17.5 Å². The molecule has 12 heavy (non-hydrogen) atoms. The summed E-state index contributed by atoms with van der Waals surface area (Å²) in [6.07, 6.45) is 2.83. The number of carbonyl (C=O) groups is 2. The van der Waals surface area contributed by atoms with Gasteiger partial charge in [0.25, 0.3) is 5.91 Å². The molecule has 2 aliphatic rings. The van der Waals surface area contributed by atoms with E-state index in [-0.39, 0.29) is 17.9 Å². The summed E-state index contributed by atoms with van der Waals surface area (Å²) in [6, 6.07) is -0.339. The number of rotatable bonds is 0. The zero-order valence-corrected chi connectivity index (χ0v) is 7.02. The van der Waals surface area contributed by atoms with Crippen LogP contribution in [0, 0.1) is 5.92 Å². The Bertz CT molecular complexity index is 251. The lowest BCUT2D eigenvalue weighted by molar-refractivity contribution is -0.124. The SMILES string of the molecule is C[C@@H]1CCC[C@]12NC(=O)NC2=O. The van der Waals surface area contributed by atoms with Crippen LogP contribution in [-0.2, 0) is 4.79 Å². The van der Waals surface area contributed by atoms with Crippen molar-refractivity contribution in [3.05, 3.63) is 0 Å². The van der Waals surface area contributed by atoms with Crippen LogP contribution in [0.2, 0.25) is 0 Å². The molecule has 1 spiro atoms. The van der Waals surface area contributed by atoms with E-state index in [2.05, 4.69) is 10.6 Å². The lowest BCUT2D eigenvalue weighted by atomic mass is 9.89. The molecule has 66 valence electrons. The van der Waals surface area contributed by atoms with E-state index in [9.17, 15) is 9.59 Å². The summed E-state index contributed by atoms with van der Waals surface area (Å²) in [4.78, 5) is 22.3. The number of carbonyl (C=O) groups excluding carboxylic acids is 2. The molecule has 2 N–H and O–H groups in total. The normalized spacial score (nSPS) is 40.2. The van der Waals surface area contributed by atoms with Crippen LogP contribution in [0.15, 0.2) is 0 Å². The van der Waals surface area contributed by atoms with E-state index in [4.69, 9.17) is 0 Å². The van der Waals surface area contributed by atoms with Crippen LogP contribution >= 0.6 is 0 Å². The maximum Gasteiger partial charge on any atom is 0.322 e. The summed E-state index contributed by atoms with van der Waals surface area (Å²) in [5.74, 6) is 0.126. The largest absolute Gasteiger partial charge is 0.323 e. The van der Waals surface area contributed by atoms with E-state index in [1.54, 1.807) is 0 Å². The van der Waals surface area contributed by atoms with Crippen LogP contribution < -0.4 is 10.6 Å². The summed E-state index contributed by atoms with van der Waals surface area (Å²) in [7, 11) is 0. The number of urea groups is 1. The van der Waals surface area contributed by atoms with Crippen molar-refractivity contribution in [1.82, 2.24) is 10.6 Å². The highest BCUT2D eigenvalue weighted by atomic mass is 16.2. The molecule has 1 aliphatic heterocycles. The quantitative estimate of drug-likeness (QED) is 0.514. The molecule has 0 aromatic rings. The van der Waals surface area contributed by atoms with Crippen molar-refractivity contribution in [1.29, 1.82) is 0 Å². The average Bonchev–Trinajstić information content (AvgIpc) is 2.44.